The third-order valence-corrected chi connectivity index (χ3v) is 3.25. The topological polar surface area (TPSA) is 102 Å². The van der Waals surface area contributed by atoms with Gasteiger partial charge in [-0.1, -0.05) is 22.0 Å². The van der Waals surface area contributed by atoms with Crippen LogP contribution in [0.1, 0.15) is 5.56 Å². The zero-order valence-corrected chi connectivity index (χ0v) is 12.1. The number of aromatic amines is 1. The van der Waals surface area contributed by atoms with Crippen LogP contribution in [0, 0.1) is 6.92 Å². The lowest BCUT2D eigenvalue weighted by molar-refractivity contribution is 0.465. The Balaban J connectivity index is 2.09. The molecule has 20 heavy (non-hydrogen) atoms. The molecule has 1 aromatic carbocycles. The van der Waals surface area contributed by atoms with Crippen molar-refractivity contribution in [3.8, 4) is 11.6 Å². The summed E-state index contributed by atoms with van der Waals surface area (Å²) < 4.78 is 6.79. The van der Waals surface area contributed by atoms with E-state index in [0.717, 1.165) is 10.0 Å². The number of ether oxygens (including phenoxy) is 1. The lowest BCUT2D eigenvalue weighted by atomic mass is 10.2. The molecule has 7 nitrogen and oxygen atoms in total. The first-order valence-corrected chi connectivity index (χ1v) is 6.58. The summed E-state index contributed by atoms with van der Waals surface area (Å²) in [5, 5.41) is 7.38. The van der Waals surface area contributed by atoms with Gasteiger partial charge in [0, 0.05) is 4.47 Å². The number of benzene rings is 1. The average molecular weight is 335 g/mol. The van der Waals surface area contributed by atoms with Gasteiger partial charge in [-0.05, 0) is 24.6 Å². The molecule has 0 aliphatic heterocycles. The summed E-state index contributed by atoms with van der Waals surface area (Å²) in [5.41, 5.74) is 3.94. The molecule has 0 saturated heterocycles. The predicted molar refractivity (Wildman–Crippen MR) is 78.4 cm³/mol. The molecule has 4 N–H and O–H groups in total. The second-order valence-corrected chi connectivity index (χ2v) is 5.06. The summed E-state index contributed by atoms with van der Waals surface area (Å²) in [7, 11) is 0. The molecule has 0 radical (unpaired) electrons. The smallest absolute Gasteiger partial charge is 0.242 e. The fraction of sp³-hybridized carbons (Fsp3) is 0.0833. The van der Waals surface area contributed by atoms with Crippen LogP contribution in [-0.4, -0.2) is 20.2 Å². The molecule has 102 valence electrons. The number of fused-ring (bicyclic) bond motifs is 1. The van der Waals surface area contributed by atoms with Crippen molar-refractivity contribution in [1.82, 2.24) is 20.2 Å². The number of nitrogens with zero attached hydrogens (tertiary/aromatic N) is 3. The van der Waals surface area contributed by atoms with Crippen LogP contribution < -0.4 is 16.0 Å². The zero-order valence-electron chi connectivity index (χ0n) is 10.5. The van der Waals surface area contributed by atoms with Gasteiger partial charge in [0.25, 0.3) is 0 Å². The minimum atomic E-state index is 0.254. The first-order valence-electron chi connectivity index (χ1n) is 5.79. The molecule has 2 aromatic heterocycles. The molecule has 0 atom stereocenters. The van der Waals surface area contributed by atoms with E-state index < -0.39 is 0 Å². The van der Waals surface area contributed by atoms with Crippen LogP contribution >= 0.6 is 15.9 Å². The van der Waals surface area contributed by atoms with Crippen molar-refractivity contribution in [2.24, 2.45) is 5.84 Å². The van der Waals surface area contributed by atoms with Crippen molar-refractivity contribution in [2.75, 3.05) is 5.43 Å². The molecule has 0 aliphatic rings. The Morgan fingerprint density at radius 1 is 1.35 bits per heavy atom. The Morgan fingerprint density at radius 3 is 3.00 bits per heavy atom. The molecule has 0 spiro atoms. The van der Waals surface area contributed by atoms with Gasteiger partial charge in [0.15, 0.2) is 5.65 Å². The number of nitrogens with two attached hydrogens (primary N) is 1. The van der Waals surface area contributed by atoms with Crippen molar-refractivity contribution in [3.05, 3.63) is 34.4 Å². The fourth-order valence-corrected chi connectivity index (χ4v) is 2.08. The second-order valence-electron chi connectivity index (χ2n) is 4.14. The van der Waals surface area contributed by atoms with Crippen molar-refractivity contribution >= 4 is 32.9 Å². The van der Waals surface area contributed by atoms with Gasteiger partial charge in [-0.3, -0.25) is 10.5 Å². The van der Waals surface area contributed by atoms with Gasteiger partial charge in [-0.2, -0.15) is 15.1 Å². The zero-order chi connectivity index (χ0) is 14.1. The number of rotatable bonds is 3. The Morgan fingerprint density at radius 2 is 2.20 bits per heavy atom. The summed E-state index contributed by atoms with van der Waals surface area (Å²) in [6.45, 7) is 1.96. The summed E-state index contributed by atoms with van der Waals surface area (Å²) in [6.07, 6.45) is 1.61. The maximum atomic E-state index is 5.87. The molecule has 3 rings (SSSR count). The highest BCUT2D eigenvalue weighted by atomic mass is 79.9. The molecule has 2 heterocycles. The number of aromatic nitrogens is 4. The van der Waals surface area contributed by atoms with Gasteiger partial charge in [-0.15, -0.1) is 0 Å². The highest BCUT2D eigenvalue weighted by Gasteiger charge is 2.12. The minimum Gasteiger partial charge on any atom is -0.438 e. The highest BCUT2D eigenvalue weighted by molar-refractivity contribution is 9.10. The van der Waals surface area contributed by atoms with E-state index in [0.29, 0.717) is 22.7 Å². The maximum absolute atomic E-state index is 5.87. The Bertz CT molecular complexity index is 772. The highest BCUT2D eigenvalue weighted by Crippen LogP contribution is 2.31. The first kappa shape index (κ1) is 12.8. The second kappa shape index (κ2) is 5.06. The van der Waals surface area contributed by atoms with E-state index >= 15 is 0 Å². The van der Waals surface area contributed by atoms with E-state index in [2.05, 4.69) is 41.5 Å². The van der Waals surface area contributed by atoms with Crippen LogP contribution in [0.15, 0.2) is 28.9 Å². The maximum Gasteiger partial charge on any atom is 0.242 e. The SMILES string of the molecule is Cc1ccc(Br)cc1Oc1nc(NN)nc2[nH]ncc12. The lowest BCUT2D eigenvalue weighted by Gasteiger charge is -2.09. The fourth-order valence-electron chi connectivity index (χ4n) is 1.74. The number of hydrazine groups is 1. The van der Waals surface area contributed by atoms with Crippen molar-refractivity contribution in [2.45, 2.75) is 6.92 Å². The quantitative estimate of drug-likeness (QED) is 0.502. The Kier molecular flexibility index (Phi) is 3.25. The third kappa shape index (κ3) is 2.30. The Hall–Kier alpha value is -2.19. The summed E-state index contributed by atoms with van der Waals surface area (Å²) in [4.78, 5) is 8.35. The van der Waals surface area contributed by atoms with Gasteiger partial charge < -0.3 is 4.74 Å². The van der Waals surface area contributed by atoms with Gasteiger partial charge in [0.1, 0.15) is 11.1 Å². The van der Waals surface area contributed by atoms with E-state index in [1.807, 2.05) is 25.1 Å². The van der Waals surface area contributed by atoms with E-state index in [-0.39, 0.29) is 5.95 Å². The molecular weight excluding hydrogens is 324 g/mol. The molecule has 0 fully saturated rings. The number of hydrogen-bond donors (Lipinski definition) is 3. The molecule has 0 aliphatic carbocycles. The van der Waals surface area contributed by atoms with Gasteiger partial charge in [0.05, 0.1) is 6.20 Å². The average Bonchev–Trinajstić information content (AvgIpc) is 2.91. The number of nitrogens with one attached hydrogen (secondary N) is 2. The summed E-state index contributed by atoms with van der Waals surface area (Å²) in [5.74, 6) is 6.69. The molecule has 3 aromatic rings. The minimum absolute atomic E-state index is 0.254. The number of nitrogen functional groups attached to an aromatic ring is 1. The van der Waals surface area contributed by atoms with Crippen LogP contribution in [-0.2, 0) is 0 Å². The molecule has 0 bridgehead atoms. The largest absolute Gasteiger partial charge is 0.438 e. The summed E-state index contributed by atoms with van der Waals surface area (Å²) in [6, 6.07) is 5.77. The number of H-pyrrole nitrogens is 1. The molecule has 8 heteroatoms. The Labute approximate surface area is 122 Å². The number of halogens is 1. The van der Waals surface area contributed by atoms with E-state index in [9.17, 15) is 0 Å². The monoisotopic (exact) mass is 334 g/mol. The lowest BCUT2D eigenvalue weighted by Crippen LogP contribution is -2.11. The van der Waals surface area contributed by atoms with Gasteiger partial charge in [0.2, 0.25) is 11.8 Å². The van der Waals surface area contributed by atoms with Crippen molar-refractivity contribution in [3.63, 3.8) is 0 Å². The van der Waals surface area contributed by atoms with E-state index in [4.69, 9.17) is 10.6 Å². The van der Waals surface area contributed by atoms with Crippen molar-refractivity contribution in [1.29, 1.82) is 0 Å². The molecule has 0 amide bonds. The van der Waals surface area contributed by atoms with Gasteiger partial charge >= 0.3 is 0 Å². The third-order valence-electron chi connectivity index (χ3n) is 2.76. The standard InChI is InChI=1S/C12H11BrN6O/c1-6-2-3-7(13)4-9(6)20-11-8-5-15-19-10(8)16-12(17-11)18-14/h2-5H,14H2,1H3,(H2,15,16,17,18,19). The van der Waals surface area contributed by atoms with Crippen LogP contribution in [0.3, 0.4) is 0 Å². The number of aryl methyl sites for hydroxylation is 1. The molecule has 0 unspecified atom stereocenters. The predicted octanol–water partition coefficient (Wildman–Crippen LogP) is 2.50. The van der Waals surface area contributed by atoms with Crippen LogP contribution in [0.4, 0.5) is 5.95 Å². The molecule has 0 saturated carbocycles. The van der Waals surface area contributed by atoms with Crippen LogP contribution in [0.25, 0.3) is 11.0 Å². The van der Waals surface area contributed by atoms with Crippen LogP contribution in [0.2, 0.25) is 0 Å². The van der Waals surface area contributed by atoms with E-state index in [1.165, 1.54) is 0 Å². The van der Waals surface area contributed by atoms with Crippen molar-refractivity contribution < 1.29 is 4.74 Å². The normalized spacial score (nSPS) is 10.8. The van der Waals surface area contributed by atoms with E-state index in [1.54, 1.807) is 6.20 Å². The summed E-state index contributed by atoms with van der Waals surface area (Å²) >= 11 is 3.42. The number of hydrogen-bond acceptors (Lipinski definition) is 6. The number of anilines is 1. The molecular formula is C12H11BrN6O. The first-order chi connectivity index (χ1) is 9.67. The van der Waals surface area contributed by atoms with Crippen LogP contribution in [0.5, 0.6) is 11.6 Å². The van der Waals surface area contributed by atoms with Gasteiger partial charge in [-0.25, -0.2) is 5.84 Å².